The Bertz CT molecular complexity index is 655. The van der Waals surface area contributed by atoms with Gasteiger partial charge in [-0.1, -0.05) is 36.8 Å². The standard InChI is InChI=1S/C26H42N4O/c31-26(27-14-20-28-15-5-2-6-16-28)12-11-24-22-29(21-23-9-3-1-4-10-23)19-13-25(24)30-17-7-8-18-30/h1,3-4,9-10,24-25H,2,5-8,11-22H2,(H,27,31)/t24-,25+/m0/s1. The van der Waals surface area contributed by atoms with Crippen LogP contribution in [0.5, 0.6) is 0 Å². The van der Waals surface area contributed by atoms with Crippen LogP contribution in [-0.2, 0) is 11.3 Å². The number of piperidine rings is 2. The van der Waals surface area contributed by atoms with Gasteiger partial charge in [-0.2, -0.15) is 0 Å². The van der Waals surface area contributed by atoms with Gasteiger partial charge in [0.2, 0.25) is 5.91 Å². The van der Waals surface area contributed by atoms with Gasteiger partial charge in [0.1, 0.15) is 0 Å². The maximum Gasteiger partial charge on any atom is 0.220 e. The van der Waals surface area contributed by atoms with E-state index in [1.165, 1.54) is 76.8 Å². The van der Waals surface area contributed by atoms with Crippen molar-refractivity contribution in [1.82, 2.24) is 20.0 Å². The summed E-state index contributed by atoms with van der Waals surface area (Å²) in [6, 6.07) is 11.5. The van der Waals surface area contributed by atoms with Gasteiger partial charge in [0, 0.05) is 38.6 Å². The Hall–Kier alpha value is -1.43. The Morgan fingerprint density at radius 1 is 0.903 bits per heavy atom. The molecule has 4 rings (SSSR count). The summed E-state index contributed by atoms with van der Waals surface area (Å²) in [5.41, 5.74) is 1.40. The first-order valence-electron chi connectivity index (χ1n) is 12.8. The van der Waals surface area contributed by atoms with E-state index in [-0.39, 0.29) is 5.91 Å². The molecule has 3 saturated heterocycles. The van der Waals surface area contributed by atoms with Crippen LogP contribution in [0.3, 0.4) is 0 Å². The highest BCUT2D eigenvalue weighted by Crippen LogP contribution is 2.29. The van der Waals surface area contributed by atoms with Crippen LogP contribution < -0.4 is 5.32 Å². The van der Waals surface area contributed by atoms with Crippen molar-refractivity contribution in [3.8, 4) is 0 Å². The average molecular weight is 427 g/mol. The Balaban J connectivity index is 1.25. The molecule has 1 N–H and O–H groups in total. The summed E-state index contributed by atoms with van der Waals surface area (Å²) in [5, 5.41) is 3.20. The molecule has 0 bridgehead atoms. The van der Waals surface area contributed by atoms with E-state index in [0.29, 0.717) is 18.4 Å². The third-order valence-corrected chi connectivity index (χ3v) is 7.58. The largest absolute Gasteiger partial charge is 0.355 e. The van der Waals surface area contributed by atoms with Crippen molar-refractivity contribution in [3.05, 3.63) is 35.9 Å². The lowest BCUT2D eigenvalue weighted by atomic mass is 9.86. The summed E-state index contributed by atoms with van der Waals surface area (Å²) >= 11 is 0. The van der Waals surface area contributed by atoms with Crippen LogP contribution in [0.25, 0.3) is 0 Å². The third-order valence-electron chi connectivity index (χ3n) is 7.58. The second kappa shape index (κ2) is 12.0. The van der Waals surface area contributed by atoms with Crippen molar-refractivity contribution in [2.24, 2.45) is 5.92 Å². The second-order valence-electron chi connectivity index (χ2n) is 9.87. The summed E-state index contributed by atoms with van der Waals surface area (Å²) in [7, 11) is 0. The number of amides is 1. The van der Waals surface area contributed by atoms with Crippen molar-refractivity contribution >= 4 is 5.91 Å². The molecule has 172 valence electrons. The fraction of sp³-hybridized carbons (Fsp3) is 0.731. The lowest BCUT2D eigenvalue weighted by molar-refractivity contribution is -0.121. The SMILES string of the molecule is O=C(CC[C@H]1CN(Cc2ccccc2)CC[C@H]1N1CCCC1)NCCN1CCCCC1. The Morgan fingerprint density at radius 3 is 2.42 bits per heavy atom. The summed E-state index contributed by atoms with van der Waals surface area (Å²) in [5.74, 6) is 0.848. The van der Waals surface area contributed by atoms with Gasteiger partial charge in [0.05, 0.1) is 0 Å². The van der Waals surface area contributed by atoms with Crippen molar-refractivity contribution < 1.29 is 4.79 Å². The smallest absolute Gasteiger partial charge is 0.220 e. The molecule has 3 fully saturated rings. The van der Waals surface area contributed by atoms with E-state index in [1.807, 2.05) is 0 Å². The average Bonchev–Trinajstić information content (AvgIpc) is 3.34. The highest BCUT2D eigenvalue weighted by molar-refractivity contribution is 5.75. The molecule has 0 aromatic heterocycles. The molecule has 0 spiro atoms. The van der Waals surface area contributed by atoms with Gasteiger partial charge in [0.15, 0.2) is 0 Å². The monoisotopic (exact) mass is 426 g/mol. The molecule has 5 nitrogen and oxygen atoms in total. The molecule has 5 heteroatoms. The number of rotatable bonds is 9. The minimum atomic E-state index is 0.248. The van der Waals surface area contributed by atoms with E-state index in [1.54, 1.807) is 0 Å². The summed E-state index contributed by atoms with van der Waals surface area (Å²) in [4.78, 5) is 20.4. The van der Waals surface area contributed by atoms with Crippen LogP contribution >= 0.6 is 0 Å². The minimum Gasteiger partial charge on any atom is -0.355 e. The molecular formula is C26H42N4O. The van der Waals surface area contributed by atoms with Crippen LogP contribution in [0.4, 0.5) is 0 Å². The number of carbonyl (C=O) groups is 1. The van der Waals surface area contributed by atoms with Gasteiger partial charge in [-0.3, -0.25) is 9.69 Å². The first-order chi connectivity index (χ1) is 15.3. The molecule has 0 unspecified atom stereocenters. The van der Waals surface area contributed by atoms with Crippen LogP contribution in [0.15, 0.2) is 30.3 Å². The molecular weight excluding hydrogens is 384 g/mol. The minimum absolute atomic E-state index is 0.248. The molecule has 31 heavy (non-hydrogen) atoms. The van der Waals surface area contributed by atoms with E-state index in [9.17, 15) is 4.79 Å². The van der Waals surface area contributed by atoms with Crippen molar-refractivity contribution in [1.29, 1.82) is 0 Å². The van der Waals surface area contributed by atoms with Gasteiger partial charge >= 0.3 is 0 Å². The van der Waals surface area contributed by atoms with Crippen LogP contribution in [0.1, 0.15) is 56.9 Å². The summed E-state index contributed by atoms with van der Waals surface area (Å²) < 4.78 is 0. The van der Waals surface area contributed by atoms with Crippen LogP contribution in [0, 0.1) is 5.92 Å². The fourth-order valence-corrected chi connectivity index (χ4v) is 5.86. The number of nitrogens with one attached hydrogen (secondary N) is 1. The Labute approximate surface area is 189 Å². The Kier molecular flexibility index (Phi) is 8.80. The quantitative estimate of drug-likeness (QED) is 0.657. The summed E-state index contributed by atoms with van der Waals surface area (Å²) in [6.07, 6.45) is 9.61. The molecule has 3 aliphatic heterocycles. The van der Waals surface area contributed by atoms with E-state index in [2.05, 4.69) is 50.3 Å². The number of carbonyl (C=O) groups excluding carboxylic acids is 1. The lowest BCUT2D eigenvalue weighted by Gasteiger charge is -2.43. The Morgan fingerprint density at radius 2 is 1.65 bits per heavy atom. The molecule has 0 saturated carbocycles. The number of nitrogens with zero attached hydrogens (tertiary/aromatic N) is 3. The van der Waals surface area contributed by atoms with Gasteiger partial charge in [-0.15, -0.1) is 0 Å². The van der Waals surface area contributed by atoms with Crippen molar-refractivity contribution in [2.45, 2.75) is 64.0 Å². The molecule has 0 radical (unpaired) electrons. The first-order valence-corrected chi connectivity index (χ1v) is 12.8. The molecule has 0 aliphatic carbocycles. The van der Waals surface area contributed by atoms with Gasteiger partial charge in [-0.25, -0.2) is 0 Å². The lowest BCUT2D eigenvalue weighted by Crippen LogP contribution is -2.50. The molecule has 1 aromatic rings. The zero-order valence-electron chi connectivity index (χ0n) is 19.3. The van der Waals surface area contributed by atoms with E-state index < -0.39 is 0 Å². The maximum absolute atomic E-state index is 12.6. The highest BCUT2D eigenvalue weighted by Gasteiger charge is 2.34. The first kappa shape index (κ1) is 22.8. The fourth-order valence-electron chi connectivity index (χ4n) is 5.86. The predicted octanol–water partition coefficient (Wildman–Crippen LogP) is 3.36. The number of hydrogen-bond donors (Lipinski definition) is 1. The highest BCUT2D eigenvalue weighted by atomic mass is 16.1. The second-order valence-corrected chi connectivity index (χ2v) is 9.87. The van der Waals surface area contributed by atoms with Crippen LogP contribution in [0.2, 0.25) is 0 Å². The summed E-state index contributed by atoms with van der Waals surface area (Å²) in [6.45, 7) is 10.1. The third kappa shape index (κ3) is 7.03. The van der Waals surface area contributed by atoms with E-state index in [4.69, 9.17) is 0 Å². The predicted molar refractivity (Wildman–Crippen MR) is 127 cm³/mol. The maximum atomic E-state index is 12.6. The van der Waals surface area contributed by atoms with E-state index >= 15 is 0 Å². The number of hydrogen-bond acceptors (Lipinski definition) is 4. The van der Waals surface area contributed by atoms with E-state index in [0.717, 1.165) is 32.6 Å². The van der Waals surface area contributed by atoms with Crippen molar-refractivity contribution in [3.63, 3.8) is 0 Å². The number of benzene rings is 1. The zero-order chi connectivity index (χ0) is 21.3. The molecule has 1 aromatic carbocycles. The zero-order valence-corrected chi connectivity index (χ0v) is 19.3. The topological polar surface area (TPSA) is 38.8 Å². The molecule has 1 amide bonds. The van der Waals surface area contributed by atoms with Gasteiger partial charge in [-0.05, 0) is 82.7 Å². The normalized spacial score (nSPS) is 26.2. The number of likely N-dealkylation sites (tertiary alicyclic amines) is 3. The van der Waals surface area contributed by atoms with Crippen LogP contribution in [-0.4, -0.2) is 79.0 Å². The molecule has 3 heterocycles. The van der Waals surface area contributed by atoms with Gasteiger partial charge < -0.3 is 15.1 Å². The van der Waals surface area contributed by atoms with Gasteiger partial charge in [0.25, 0.3) is 0 Å². The molecule has 3 aliphatic rings. The molecule has 2 atom stereocenters. The van der Waals surface area contributed by atoms with Crippen molar-refractivity contribution in [2.75, 3.05) is 52.4 Å².